The third kappa shape index (κ3) is 3.29. The number of nitrogens with one attached hydrogen (secondary N) is 1. The normalized spacial score (nSPS) is 27.5. The lowest BCUT2D eigenvalue weighted by Crippen LogP contribution is -2.38. The van der Waals surface area contributed by atoms with Gasteiger partial charge in [0.25, 0.3) is 0 Å². The molecule has 0 spiro atoms. The number of hydrogen-bond acceptors (Lipinski definition) is 3. The molecule has 3 heterocycles. The molecule has 1 aliphatic heterocycles. The SMILES string of the molecule is NC1CCC(CN2CCC(c3c[nH]c4cnccc34)CC2)CC1. The number of nitrogens with zero attached hydrogens (tertiary/aromatic N) is 2. The van der Waals surface area contributed by atoms with Crippen molar-refractivity contribution in [2.24, 2.45) is 11.7 Å². The molecule has 3 N–H and O–H groups in total. The van der Waals surface area contributed by atoms with Crippen molar-refractivity contribution in [3.05, 3.63) is 30.2 Å². The minimum atomic E-state index is 0.466. The fraction of sp³-hybridized carbons (Fsp3) is 0.632. The molecule has 23 heavy (non-hydrogen) atoms. The lowest BCUT2D eigenvalue weighted by molar-refractivity contribution is 0.160. The highest BCUT2D eigenvalue weighted by Gasteiger charge is 2.26. The van der Waals surface area contributed by atoms with Crippen LogP contribution in [0.1, 0.15) is 50.0 Å². The number of H-pyrrole nitrogens is 1. The number of rotatable bonds is 3. The van der Waals surface area contributed by atoms with Crippen LogP contribution in [-0.4, -0.2) is 40.5 Å². The topological polar surface area (TPSA) is 57.9 Å². The van der Waals surface area contributed by atoms with Crippen LogP contribution < -0.4 is 5.73 Å². The van der Waals surface area contributed by atoms with Gasteiger partial charge in [-0.2, -0.15) is 0 Å². The van der Waals surface area contributed by atoms with E-state index in [2.05, 4.69) is 27.1 Å². The van der Waals surface area contributed by atoms with E-state index in [1.165, 1.54) is 74.6 Å². The smallest absolute Gasteiger partial charge is 0.0643 e. The van der Waals surface area contributed by atoms with Crippen LogP contribution in [-0.2, 0) is 0 Å². The van der Waals surface area contributed by atoms with E-state index in [1.807, 2.05) is 12.4 Å². The first-order valence-corrected chi connectivity index (χ1v) is 9.18. The van der Waals surface area contributed by atoms with Crippen LogP contribution in [0.3, 0.4) is 0 Å². The number of nitrogens with two attached hydrogens (primary N) is 1. The molecule has 0 unspecified atom stereocenters. The van der Waals surface area contributed by atoms with Gasteiger partial charge < -0.3 is 15.6 Å². The zero-order valence-corrected chi connectivity index (χ0v) is 13.9. The van der Waals surface area contributed by atoms with Gasteiger partial charge in [-0.3, -0.25) is 4.98 Å². The maximum Gasteiger partial charge on any atom is 0.0643 e. The highest BCUT2D eigenvalue weighted by Crippen LogP contribution is 2.33. The molecule has 4 nitrogen and oxygen atoms in total. The highest BCUT2D eigenvalue weighted by molar-refractivity contribution is 5.82. The van der Waals surface area contributed by atoms with E-state index >= 15 is 0 Å². The first-order valence-electron chi connectivity index (χ1n) is 9.18. The Kier molecular flexibility index (Phi) is 4.36. The molecule has 1 saturated carbocycles. The molecule has 0 bridgehead atoms. The molecule has 4 heteroatoms. The van der Waals surface area contributed by atoms with Crippen LogP contribution in [0.25, 0.3) is 10.9 Å². The van der Waals surface area contributed by atoms with E-state index in [0.717, 1.165) is 5.92 Å². The van der Waals surface area contributed by atoms with Crippen molar-refractivity contribution in [3.8, 4) is 0 Å². The summed E-state index contributed by atoms with van der Waals surface area (Å²) in [6.45, 7) is 3.77. The second kappa shape index (κ2) is 6.62. The van der Waals surface area contributed by atoms with Crippen LogP contribution in [0.4, 0.5) is 0 Å². The summed E-state index contributed by atoms with van der Waals surface area (Å²) in [7, 11) is 0. The van der Waals surface area contributed by atoms with Gasteiger partial charge in [0.2, 0.25) is 0 Å². The van der Waals surface area contributed by atoms with Crippen molar-refractivity contribution in [2.45, 2.75) is 50.5 Å². The first kappa shape index (κ1) is 15.2. The number of fused-ring (bicyclic) bond motifs is 1. The summed E-state index contributed by atoms with van der Waals surface area (Å²) in [5.74, 6) is 1.58. The zero-order chi connectivity index (χ0) is 15.6. The summed E-state index contributed by atoms with van der Waals surface area (Å²) >= 11 is 0. The lowest BCUT2D eigenvalue weighted by Gasteiger charge is -2.36. The van der Waals surface area contributed by atoms with E-state index in [0.29, 0.717) is 12.0 Å². The number of piperidine rings is 1. The van der Waals surface area contributed by atoms with Crippen molar-refractivity contribution >= 4 is 10.9 Å². The Bertz CT molecular complexity index is 634. The van der Waals surface area contributed by atoms with Gasteiger partial charge in [0.1, 0.15) is 0 Å². The Morgan fingerprint density at radius 3 is 2.70 bits per heavy atom. The summed E-state index contributed by atoms with van der Waals surface area (Å²) in [6, 6.07) is 2.62. The molecule has 124 valence electrons. The van der Waals surface area contributed by atoms with Crippen molar-refractivity contribution in [1.29, 1.82) is 0 Å². The average Bonchev–Trinajstić information content (AvgIpc) is 3.02. The van der Waals surface area contributed by atoms with Crippen molar-refractivity contribution in [2.75, 3.05) is 19.6 Å². The Labute approximate surface area is 138 Å². The largest absolute Gasteiger partial charge is 0.360 e. The van der Waals surface area contributed by atoms with E-state index in [-0.39, 0.29) is 0 Å². The second-order valence-corrected chi connectivity index (χ2v) is 7.52. The summed E-state index contributed by atoms with van der Waals surface area (Å²) in [4.78, 5) is 10.3. The number of aromatic nitrogens is 2. The minimum absolute atomic E-state index is 0.466. The van der Waals surface area contributed by atoms with Crippen molar-refractivity contribution < 1.29 is 0 Å². The first-order chi connectivity index (χ1) is 11.3. The van der Waals surface area contributed by atoms with Crippen LogP contribution in [0, 0.1) is 5.92 Å². The summed E-state index contributed by atoms with van der Waals surface area (Å²) in [6.07, 6.45) is 13.7. The fourth-order valence-corrected chi connectivity index (χ4v) is 4.49. The predicted octanol–water partition coefficient (Wildman–Crippen LogP) is 3.26. The van der Waals surface area contributed by atoms with Crippen LogP contribution in [0.15, 0.2) is 24.7 Å². The predicted molar refractivity (Wildman–Crippen MR) is 94.4 cm³/mol. The molecule has 2 fully saturated rings. The molecule has 4 rings (SSSR count). The fourth-order valence-electron chi connectivity index (χ4n) is 4.49. The van der Waals surface area contributed by atoms with Gasteiger partial charge in [0, 0.05) is 30.4 Å². The molecular weight excluding hydrogens is 284 g/mol. The summed E-state index contributed by atoms with van der Waals surface area (Å²) in [5, 5.41) is 1.36. The molecule has 0 aromatic carbocycles. The second-order valence-electron chi connectivity index (χ2n) is 7.52. The standard InChI is InChI=1S/C19H28N4/c20-16-3-1-14(2-4-16)13-23-9-6-15(7-10-23)18-11-22-19-12-21-8-5-17(18)19/h5,8,11-12,14-16,22H,1-4,6-7,9-10,13,20H2. The number of aromatic amines is 1. The highest BCUT2D eigenvalue weighted by atomic mass is 15.1. The summed E-state index contributed by atoms with van der Waals surface area (Å²) in [5.41, 5.74) is 8.69. The molecule has 2 aliphatic rings. The molecule has 0 radical (unpaired) electrons. The summed E-state index contributed by atoms with van der Waals surface area (Å²) < 4.78 is 0. The molecule has 0 atom stereocenters. The van der Waals surface area contributed by atoms with Gasteiger partial charge in [-0.25, -0.2) is 0 Å². The van der Waals surface area contributed by atoms with E-state index in [4.69, 9.17) is 5.73 Å². The third-order valence-corrected chi connectivity index (χ3v) is 5.95. The Morgan fingerprint density at radius 2 is 1.91 bits per heavy atom. The van der Waals surface area contributed by atoms with Gasteiger partial charge in [-0.15, -0.1) is 0 Å². The molecule has 2 aromatic heterocycles. The third-order valence-electron chi connectivity index (χ3n) is 5.95. The Balaban J connectivity index is 1.34. The average molecular weight is 312 g/mol. The Hall–Kier alpha value is -1.39. The van der Waals surface area contributed by atoms with Crippen LogP contribution >= 0.6 is 0 Å². The van der Waals surface area contributed by atoms with Gasteiger partial charge in [0.05, 0.1) is 11.7 Å². The Morgan fingerprint density at radius 1 is 1.13 bits per heavy atom. The van der Waals surface area contributed by atoms with Crippen LogP contribution in [0.5, 0.6) is 0 Å². The number of pyridine rings is 1. The van der Waals surface area contributed by atoms with Crippen molar-refractivity contribution in [1.82, 2.24) is 14.9 Å². The maximum absolute atomic E-state index is 6.03. The number of hydrogen-bond donors (Lipinski definition) is 2. The van der Waals surface area contributed by atoms with E-state index in [1.54, 1.807) is 0 Å². The van der Waals surface area contributed by atoms with Crippen molar-refractivity contribution in [3.63, 3.8) is 0 Å². The lowest BCUT2D eigenvalue weighted by atomic mass is 9.85. The molecular formula is C19H28N4. The van der Waals surface area contributed by atoms with Gasteiger partial charge in [-0.1, -0.05) is 0 Å². The monoisotopic (exact) mass is 312 g/mol. The molecule has 2 aromatic rings. The minimum Gasteiger partial charge on any atom is -0.360 e. The molecule has 1 saturated heterocycles. The maximum atomic E-state index is 6.03. The van der Waals surface area contributed by atoms with Gasteiger partial charge in [-0.05, 0) is 75.1 Å². The van der Waals surface area contributed by atoms with E-state index in [9.17, 15) is 0 Å². The van der Waals surface area contributed by atoms with Crippen LogP contribution in [0.2, 0.25) is 0 Å². The van der Waals surface area contributed by atoms with Gasteiger partial charge in [0.15, 0.2) is 0 Å². The van der Waals surface area contributed by atoms with E-state index < -0.39 is 0 Å². The molecule has 1 aliphatic carbocycles. The number of likely N-dealkylation sites (tertiary alicyclic amines) is 1. The molecule has 0 amide bonds. The van der Waals surface area contributed by atoms with Gasteiger partial charge >= 0.3 is 0 Å². The zero-order valence-electron chi connectivity index (χ0n) is 13.9. The quantitative estimate of drug-likeness (QED) is 0.914.